The van der Waals surface area contributed by atoms with E-state index in [9.17, 15) is 14.7 Å². The number of Topliss-reactive ketones (excluding diaryl/α,β-unsaturated/α-hetero) is 1. The molecule has 162 valence electrons. The van der Waals surface area contributed by atoms with Crippen LogP contribution in [0.25, 0.3) is 16.5 Å². The number of rotatable bonds is 4. The van der Waals surface area contributed by atoms with Crippen molar-refractivity contribution in [2.24, 2.45) is 0 Å². The third-order valence-corrected chi connectivity index (χ3v) is 6.73. The Kier molecular flexibility index (Phi) is 5.57. The molecule has 1 N–H and O–H groups in total. The number of amides is 1. The van der Waals surface area contributed by atoms with Crippen molar-refractivity contribution in [1.82, 2.24) is 4.90 Å². The Hall–Kier alpha value is -2.96. The SMILES string of the molecule is O=C1C(=O)N(CC2CCCO2)C(c2cccc3ccccc23)/C1=C(/O)c1ccc(Br)cc1. The molecule has 32 heavy (non-hydrogen) atoms. The minimum Gasteiger partial charge on any atom is -0.507 e. The Morgan fingerprint density at radius 2 is 1.78 bits per heavy atom. The molecule has 5 nitrogen and oxygen atoms in total. The van der Waals surface area contributed by atoms with E-state index >= 15 is 0 Å². The van der Waals surface area contributed by atoms with Gasteiger partial charge in [0.2, 0.25) is 0 Å². The standard InChI is InChI=1S/C26H22BrNO4/c27-18-12-10-17(11-13-18)24(29)22-23(21-9-3-6-16-5-1-2-8-20(16)21)28(26(31)25(22)30)15-19-7-4-14-32-19/h1-3,5-6,8-13,19,23,29H,4,7,14-15H2/b24-22-. The van der Waals surface area contributed by atoms with E-state index in [4.69, 9.17) is 4.74 Å². The van der Waals surface area contributed by atoms with Crippen LogP contribution in [0.3, 0.4) is 0 Å². The van der Waals surface area contributed by atoms with Crippen molar-refractivity contribution in [3.8, 4) is 0 Å². The molecule has 6 heteroatoms. The number of aliphatic hydroxyl groups excluding tert-OH is 1. The molecule has 0 radical (unpaired) electrons. The molecular formula is C26H22BrNO4. The van der Waals surface area contributed by atoms with Crippen LogP contribution in [0.5, 0.6) is 0 Å². The summed E-state index contributed by atoms with van der Waals surface area (Å²) in [5.41, 5.74) is 1.43. The highest BCUT2D eigenvalue weighted by molar-refractivity contribution is 9.10. The van der Waals surface area contributed by atoms with Gasteiger partial charge >= 0.3 is 0 Å². The number of halogens is 1. The maximum Gasteiger partial charge on any atom is 0.295 e. The quantitative estimate of drug-likeness (QED) is 0.309. The summed E-state index contributed by atoms with van der Waals surface area (Å²) in [6.45, 7) is 0.974. The van der Waals surface area contributed by atoms with E-state index in [1.165, 1.54) is 0 Å². The molecule has 0 bridgehead atoms. The molecule has 0 saturated carbocycles. The van der Waals surface area contributed by atoms with Crippen LogP contribution in [0.2, 0.25) is 0 Å². The molecule has 3 aromatic rings. The first-order valence-electron chi connectivity index (χ1n) is 10.7. The summed E-state index contributed by atoms with van der Waals surface area (Å²) in [6, 6.07) is 20.1. The van der Waals surface area contributed by atoms with E-state index in [1.54, 1.807) is 29.2 Å². The van der Waals surface area contributed by atoms with Gasteiger partial charge in [-0.25, -0.2) is 0 Å². The predicted octanol–water partition coefficient (Wildman–Crippen LogP) is 5.20. The van der Waals surface area contributed by atoms with Crippen molar-refractivity contribution in [2.75, 3.05) is 13.2 Å². The van der Waals surface area contributed by atoms with Crippen molar-refractivity contribution >= 4 is 44.2 Å². The zero-order valence-corrected chi connectivity index (χ0v) is 18.9. The van der Waals surface area contributed by atoms with Gasteiger partial charge in [0.15, 0.2) is 0 Å². The fourth-order valence-electron chi connectivity index (χ4n) is 4.65. The first-order valence-corrected chi connectivity index (χ1v) is 11.5. The van der Waals surface area contributed by atoms with Gasteiger partial charge in [-0.05, 0) is 41.3 Å². The Balaban J connectivity index is 1.70. The van der Waals surface area contributed by atoms with Gasteiger partial charge in [-0.2, -0.15) is 0 Å². The fourth-order valence-corrected chi connectivity index (χ4v) is 4.92. The number of ether oxygens (including phenoxy) is 1. The summed E-state index contributed by atoms with van der Waals surface area (Å²) in [7, 11) is 0. The van der Waals surface area contributed by atoms with E-state index in [0.29, 0.717) is 18.7 Å². The monoisotopic (exact) mass is 491 g/mol. The number of hydrogen-bond acceptors (Lipinski definition) is 4. The number of aliphatic hydroxyl groups is 1. The van der Waals surface area contributed by atoms with Crippen molar-refractivity contribution in [1.29, 1.82) is 0 Å². The number of likely N-dealkylation sites (tertiary alicyclic amines) is 1. The molecule has 3 aromatic carbocycles. The number of ketones is 1. The highest BCUT2D eigenvalue weighted by atomic mass is 79.9. The number of carbonyl (C=O) groups is 2. The highest BCUT2D eigenvalue weighted by Crippen LogP contribution is 2.42. The van der Waals surface area contributed by atoms with E-state index < -0.39 is 17.7 Å². The summed E-state index contributed by atoms with van der Waals surface area (Å²) in [6.07, 6.45) is 1.67. The van der Waals surface area contributed by atoms with Gasteiger partial charge < -0.3 is 14.7 Å². The molecule has 0 aliphatic carbocycles. The molecular weight excluding hydrogens is 470 g/mol. The summed E-state index contributed by atoms with van der Waals surface area (Å²) in [5.74, 6) is -1.43. The van der Waals surface area contributed by atoms with Gasteiger partial charge in [-0.1, -0.05) is 70.5 Å². The van der Waals surface area contributed by atoms with Crippen molar-refractivity contribution in [3.63, 3.8) is 0 Å². The van der Waals surface area contributed by atoms with E-state index in [0.717, 1.165) is 33.7 Å². The molecule has 2 fully saturated rings. The third-order valence-electron chi connectivity index (χ3n) is 6.20. The zero-order valence-electron chi connectivity index (χ0n) is 17.3. The van der Waals surface area contributed by atoms with Gasteiger partial charge in [0.05, 0.1) is 17.7 Å². The topological polar surface area (TPSA) is 66.8 Å². The fraction of sp³-hybridized carbons (Fsp3) is 0.231. The number of carbonyl (C=O) groups excluding carboxylic acids is 2. The second kappa shape index (κ2) is 8.52. The Labute approximate surface area is 194 Å². The average molecular weight is 492 g/mol. The van der Waals surface area contributed by atoms with E-state index in [1.807, 2.05) is 42.5 Å². The molecule has 1 amide bonds. The third kappa shape index (κ3) is 3.63. The summed E-state index contributed by atoms with van der Waals surface area (Å²) < 4.78 is 6.63. The van der Waals surface area contributed by atoms with Gasteiger partial charge in [0, 0.05) is 23.2 Å². The Morgan fingerprint density at radius 1 is 1.03 bits per heavy atom. The van der Waals surface area contributed by atoms with Crippen LogP contribution in [0.4, 0.5) is 0 Å². The molecule has 2 heterocycles. The first kappa shape index (κ1) is 20.9. The number of fused-ring (bicyclic) bond motifs is 1. The lowest BCUT2D eigenvalue weighted by Gasteiger charge is -2.28. The molecule has 2 unspecified atom stereocenters. The minimum atomic E-state index is -0.686. The van der Waals surface area contributed by atoms with Crippen LogP contribution < -0.4 is 0 Å². The molecule has 2 saturated heterocycles. The average Bonchev–Trinajstić information content (AvgIpc) is 3.41. The van der Waals surface area contributed by atoms with Crippen molar-refractivity contribution < 1.29 is 19.4 Å². The molecule has 2 aliphatic heterocycles. The van der Waals surface area contributed by atoms with Crippen LogP contribution in [0.15, 0.2) is 76.8 Å². The van der Waals surface area contributed by atoms with Gasteiger partial charge in [0.1, 0.15) is 5.76 Å². The summed E-state index contributed by atoms with van der Waals surface area (Å²) in [4.78, 5) is 28.0. The van der Waals surface area contributed by atoms with Crippen LogP contribution >= 0.6 is 15.9 Å². The van der Waals surface area contributed by atoms with Gasteiger partial charge in [-0.3, -0.25) is 9.59 Å². The molecule has 5 rings (SSSR count). The zero-order chi connectivity index (χ0) is 22.2. The normalized spacial score (nSPS) is 22.7. The number of benzene rings is 3. The Morgan fingerprint density at radius 3 is 2.53 bits per heavy atom. The van der Waals surface area contributed by atoms with Crippen LogP contribution in [0.1, 0.15) is 30.0 Å². The van der Waals surface area contributed by atoms with Crippen molar-refractivity contribution in [3.05, 3.63) is 87.9 Å². The first-order chi connectivity index (χ1) is 15.5. The number of nitrogens with zero attached hydrogens (tertiary/aromatic N) is 1. The lowest BCUT2D eigenvalue weighted by Crippen LogP contribution is -2.36. The van der Waals surface area contributed by atoms with Crippen molar-refractivity contribution in [2.45, 2.75) is 25.0 Å². The van der Waals surface area contributed by atoms with Gasteiger partial charge in [0.25, 0.3) is 11.7 Å². The molecule has 0 aromatic heterocycles. The summed E-state index contributed by atoms with van der Waals surface area (Å²) in [5, 5.41) is 13.2. The van der Waals surface area contributed by atoms with E-state index in [2.05, 4.69) is 15.9 Å². The second-order valence-electron chi connectivity index (χ2n) is 8.16. The summed E-state index contributed by atoms with van der Waals surface area (Å²) >= 11 is 3.39. The lowest BCUT2D eigenvalue weighted by atomic mass is 9.91. The van der Waals surface area contributed by atoms with Crippen LogP contribution in [0, 0.1) is 0 Å². The predicted molar refractivity (Wildman–Crippen MR) is 126 cm³/mol. The lowest BCUT2D eigenvalue weighted by molar-refractivity contribution is -0.140. The molecule has 2 atom stereocenters. The maximum absolute atomic E-state index is 13.2. The number of hydrogen-bond donors (Lipinski definition) is 1. The maximum atomic E-state index is 13.2. The molecule has 0 spiro atoms. The second-order valence-corrected chi connectivity index (χ2v) is 9.08. The van der Waals surface area contributed by atoms with Crippen LogP contribution in [-0.4, -0.2) is 41.0 Å². The molecule has 2 aliphatic rings. The smallest absolute Gasteiger partial charge is 0.295 e. The Bertz CT molecular complexity index is 1220. The minimum absolute atomic E-state index is 0.113. The van der Waals surface area contributed by atoms with Crippen LogP contribution in [-0.2, 0) is 14.3 Å². The highest BCUT2D eigenvalue weighted by Gasteiger charge is 2.47. The van der Waals surface area contributed by atoms with Gasteiger partial charge in [-0.15, -0.1) is 0 Å². The van der Waals surface area contributed by atoms with E-state index in [-0.39, 0.29) is 17.4 Å². The largest absolute Gasteiger partial charge is 0.507 e.